The van der Waals surface area contributed by atoms with Crippen LogP contribution in [0.1, 0.15) is 89.7 Å². The fourth-order valence-electron chi connectivity index (χ4n) is 4.68. The van der Waals surface area contributed by atoms with E-state index in [1.54, 1.807) is 6.07 Å². The Kier molecular flexibility index (Phi) is 12.0. The number of phenols is 1. The van der Waals surface area contributed by atoms with E-state index >= 15 is 0 Å². The summed E-state index contributed by atoms with van der Waals surface area (Å²) in [5, 5.41) is 14.0. The van der Waals surface area contributed by atoms with Crippen LogP contribution in [0.5, 0.6) is 5.75 Å². The molecule has 0 fully saturated rings. The van der Waals surface area contributed by atoms with Crippen LogP contribution in [-0.4, -0.2) is 10.8 Å². The van der Waals surface area contributed by atoms with E-state index in [1.165, 1.54) is 51.4 Å². The molecule has 1 aliphatic heterocycles. The van der Waals surface area contributed by atoms with E-state index in [9.17, 15) is 5.11 Å². The molecule has 0 saturated heterocycles. The molecular formula is C34H44N2O. The van der Waals surface area contributed by atoms with Gasteiger partial charge in [-0.1, -0.05) is 108 Å². The highest BCUT2D eigenvalue weighted by Gasteiger charge is 2.25. The van der Waals surface area contributed by atoms with Crippen LogP contribution in [0.25, 0.3) is 11.6 Å². The zero-order chi connectivity index (χ0) is 26.3. The fourth-order valence-corrected chi connectivity index (χ4v) is 4.68. The van der Waals surface area contributed by atoms with E-state index in [2.05, 4.69) is 65.8 Å². The molecule has 1 aliphatic carbocycles. The van der Waals surface area contributed by atoms with Gasteiger partial charge in [0, 0.05) is 23.1 Å². The molecule has 0 spiro atoms. The number of rotatable bonds is 13. The number of hydrogen-bond donors (Lipinski definition) is 2. The Morgan fingerprint density at radius 1 is 0.892 bits per heavy atom. The molecule has 3 heteroatoms. The average molecular weight is 497 g/mol. The normalized spacial score (nSPS) is 16.0. The first-order valence-corrected chi connectivity index (χ1v) is 14.2. The molecule has 0 aromatic heterocycles. The molecule has 3 nitrogen and oxygen atoms in total. The van der Waals surface area contributed by atoms with Gasteiger partial charge in [-0.25, -0.2) is 0 Å². The Labute approximate surface area is 224 Å². The topological polar surface area (TPSA) is 44.6 Å². The summed E-state index contributed by atoms with van der Waals surface area (Å²) >= 11 is 0. The summed E-state index contributed by atoms with van der Waals surface area (Å²) in [6.07, 6.45) is 24.3. The second-order valence-electron chi connectivity index (χ2n) is 9.50. The predicted molar refractivity (Wildman–Crippen MR) is 162 cm³/mol. The first kappa shape index (κ1) is 28.2. The number of unbranched alkanes of at least 4 members (excludes halogenated alkanes) is 8. The number of hydrogen-bond acceptors (Lipinski definition) is 3. The van der Waals surface area contributed by atoms with Gasteiger partial charge in [-0.15, -0.1) is 0 Å². The predicted octanol–water partition coefficient (Wildman–Crippen LogP) is 9.94. The van der Waals surface area contributed by atoms with Crippen LogP contribution >= 0.6 is 0 Å². The van der Waals surface area contributed by atoms with Crippen LogP contribution in [0.3, 0.4) is 0 Å². The zero-order valence-corrected chi connectivity index (χ0v) is 22.9. The van der Waals surface area contributed by atoms with Gasteiger partial charge in [0.1, 0.15) is 5.75 Å². The molecule has 37 heavy (non-hydrogen) atoms. The largest absolute Gasteiger partial charge is 0.507 e. The Morgan fingerprint density at radius 2 is 1.62 bits per heavy atom. The van der Waals surface area contributed by atoms with Crippen LogP contribution < -0.4 is 5.32 Å². The maximum atomic E-state index is 10.4. The molecule has 0 saturated carbocycles. The highest BCUT2D eigenvalue weighted by atomic mass is 16.3. The third kappa shape index (κ3) is 8.63. The molecular weight excluding hydrogens is 452 g/mol. The van der Waals surface area contributed by atoms with E-state index < -0.39 is 0 Å². The number of phenolic OH excluding ortho intramolecular Hbond substituents is 1. The summed E-state index contributed by atoms with van der Waals surface area (Å²) in [6, 6.07) is 16.1. The molecule has 196 valence electrons. The maximum absolute atomic E-state index is 10.4. The number of anilines is 1. The van der Waals surface area contributed by atoms with Crippen molar-refractivity contribution in [1.29, 1.82) is 0 Å². The summed E-state index contributed by atoms with van der Waals surface area (Å²) in [5.74, 6) is 0.476. The number of allylic oxidation sites excluding steroid dienone is 5. The Hall–Kier alpha value is -3.33. The lowest BCUT2D eigenvalue weighted by Crippen LogP contribution is -2.19. The van der Waals surface area contributed by atoms with E-state index in [1.807, 2.05) is 44.3 Å². The van der Waals surface area contributed by atoms with Crippen molar-refractivity contribution in [2.75, 3.05) is 5.32 Å². The van der Waals surface area contributed by atoms with Crippen LogP contribution in [0.15, 0.2) is 89.7 Å². The first-order valence-electron chi connectivity index (χ1n) is 14.2. The highest BCUT2D eigenvalue weighted by Crippen LogP contribution is 2.34. The van der Waals surface area contributed by atoms with Crippen molar-refractivity contribution in [3.05, 3.63) is 95.9 Å². The van der Waals surface area contributed by atoms with Crippen molar-refractivity contribution in [2.24, 2.45) is 10.9 Å². The highest BCUT2D eigenvalue weighted by molar-refractivity contribution is 6.10. The molecule has 2 aromatic rings. The summed E-state index contributed by atoms with van der Waals surface area (Å²) in [5.41, 5.74) is 6.26. The fraction of sp³-hybridized carbons (Fsp3) is 0.382. The number of benzene rings is 2. The molecule has 4 rings (SSSR count). The number of para-hydroxylation sites is 1. The SMILES string of the molecule is CC.CCCCCCCCCC/C=C/c1cc(C2=CC3=NC=CC3C(Nc3ccccc3)=C2)ccc1O. The van der Waals surface area contributed by atoms with Crippen LogP contribution in [0.4, 0.5) is 5.69 Å². The third-order valence-electron chi connectivity index (χ3n) is 6.72. The monoisotopic (exact) mass is 496 g/mol. The van der Waals surface area contributed by atoms with Crippen molar-refractivity contribution in [3.8, 4) is 5.75 Å². The second-order valence-corrected chi connectivity index (χ2v) is 9.50. The van der Waals surface area contributed by atoms with Gasteiger partial charge < -0.3 is 10.4 Å². The minimum absolute atomic E-state index is 0.155. The van der Waals surface area contributed by atoms with Crippen LogP contribution in [0, 0.1) is 5.92 Å². The van der Waals surface area contributed by atoms with E-state index in [0.29, 0.717) is 5.75 Å². The number of aliphatic imine (C=N–C) groups is 1. The standard InChI is InChI=1S/C32H38N2O.C2H6/c1-2-3-4-5-6-7-8-9-10-12-15-26-22-25(18-19-32(26)35)27-23-30-29(20-21-33-30)31(24-27)34-28-16-13-11-14-17-28;1-2/h11-24,29,34-35H,2-10H2,1H3;1-2H3/b15-12+;. The van der Waals surface area contributed by atoms with Crippen LogP contribution in [0.2, 0.25) is 0 Å². The van der Waals surface area contributed by atoms with Gasteiger partial charge in [0.2, 0.25) is 0 Å². The van der Waals surface area contributed by atoms with Crippen molar-refractivity contribution in [2.45, 2.75) is 78.6 Å². The van der Waals surface area contributed by atoms with Crippen molar-refractivity contribution >= 4 is 23.0 Å². The van der Waals surface area contributed by atoms with E-state index in [0.717, 1.165) is 40.2 Å². The zero-order valence-electron chi connectivity index (χ0n) is 22.9. The molecule has 1 unspecified atom stereocenters. The summed E-state index contributed by atoms with van der Waals surface area (Å²) < 4.78 is 0. The van der Waals surface area contributed by atoms with Crippen molar-refractivity contribution in [1.82, 2.24) is 0 Å². The molecule has 0 bridgehead atoms. The lowest BCUT2D eigenvalue weighted by atomic mass is 9.88. The lowest BCUT2D eigenvalue weighted by Gasteiger charge is -2.22. The van der Waals surface area contributed by atoms with Gasteiger partial charge in [0.25, 0.3) is 0 Å². The number of nitrogens with one attached hydrogen (secondary N) is 1. The second kappa shape index (κ2) is 15.7. The van der Waals surface area contributed by atoms with E-state index in [-0.39, 0.29) is 5.92 Å². The molecule has 0 radical (unpaired) electrons. The number of aromatic hydroxyl groups is 1. The number of nitrogens with zero attached hydrogens (tertiary/aromatic N) is 1. The molecule has 0 amide bonds. The maximum Gasteiger partial charge on any atom is 0.122 e. The molecule has 1 atom stereocenters. The minimum Gasteiger partial charge on any atom is -0.507 e. The summed E-state index contributed by atoms with van der Waals surface area (Å²) in [4.78, 5) is 4.59. The van der Waals surface area contributed by atoms with E-state index in [4.69, 9.17) is 0 Å². The quantitative estimate of drug-likeness (QED) is 0.271. The smallest absolute Gasteiger partial charge is 0.122 e. The first-order chi connectivity index (χ1) is 18.2. The van der Waals surface area contributed by atoms with Gasteiger partial charge in [0.05, 0.1) is 11.6 Å². The van der Waals surface area contributed by atoms with Crippen molar-refractivity contribution < 1.29 is 5.11 Å². The van der Waals surface area contributed by atoms with Gasteiger partial charge in [-0.3, -0.25) is 4.99 Å². The molecule has 2 aromatic carbocycles. The van der Waals surface area contributed by atoms with Gasteiger partial charge in [-0.05, 0) is 60.4 Å². The van der Waals surface area contributed by atoms with Gasteiger partial charge in [0.15, 0.2) is 0 Å². The average Bonchev–Trinajstić information content (AvgIpc) is 3.42. The summed E-state index contributed by atoms with van der Waals surface area (Å²) in [6.45, 7) is 6.26. The van der Waals surface area contributed by atoms with Crippen molar-refractivity contribution in [3.63, 3.8) is 0 Å². The third-order valence-corrected chi connectivity index (χ3v) is 6.72. The lowest BCUT2D eigenvalue weighted by molar-refractivity contribution is 0.474. The Morgan fingerprint density at radius 3 is 2.38 bits per heavy atom. The molecule has 2 aliphatic rings. The van der Waals surface area contributed by atoms with Gasteiger partial charge >= 0.3 is 0 Å². The Balaban J connectivity index is 0.00000186. The molecule has 2 N–H and O–H groups in total. The molecule has 1 heterocycles. The van der Waals surface area contributed by atoms with Crippen LogP contribution in [-0.2, 0) is 0 Å². The summed E-state index contributed by atoms with van der Waals surface area (Å²) in [7, 11) is 0. The minimum atomic E-state index is 0.155. The van der Waals surface area contributed by atoms with Gasteiger partial charge in [-0.2, -0.15) is 0 Å². The Bertz CT molecular complexity index is 1120. The number of fused-ring (bicyclic) bond motifs is 1.